The van der Waals surface area contributed by atoms with Crippen molar-refractivity contribution < 1.29 is 18.3 Å². The average molecular weight is 244 g/mol. The largest absolute Gasteiger partial charge is 0.481 e. The molecule has 1 rings (SSSR count). The van der Waals surface area contributed by atoms with Gasteiger partial charge in [-0.05, 0) is 18.6 Å². The Hall–Kier alpha value is -1.60. The summed E-state index contributed by atoms with van der Waals surface area (Å²) in [6.07, 6.45) is 0. The first-order valence-corrected chi connectivity index (χ1v) is 5.98. The van der Waals surface area contributed by atoms with Crippen LogP contribution in [0, 0.1) is 0 Å². The minimum atomic E-state index is -3.90. The molecule has 0 heterocycles. The van der Waals surface area contributed by atoms with Gasteiger partial charge >= 0.3 is 5.97 Å². The molecule has 4 N–H and O–H groups in total. The Bertz CT molecular complexity index is 498. The predicted octanol–water partition coefficient (Wildman–Crippen LogP) is 0.490. The zero-order chi connectivity index (χ0) is 12.3. The molecule has 0 aliphatic carbocycles. The maximum atomic E-state index is 10.9. The van der Waals surface area contributed by atoms with E-state index in [0.29, 0.717) is 5.56 Å². The van der Waals surface area contributed by atoms with Crippen LogP contribution in [-0.2, 0) is 15.0 Å². The summed E-state index contributed by atoms with van der Waals surface area (Å²) in [5.41, 5.74) is 0.545. The monoisotopic (exact) mass is 244 g/mol. The summed E-state index contributed by atoms with van der Waals surface area (Å²) in [7, 11) is -3.90. The maximum absolute atomic E-state index is 10.9. The highest BCUT2D eigenvalue weighted by Gasteiger charge is 2.18. The van der Waals surface area contributed by atoms with E-state index in [-0.39, 0.29) is 5.69 Å². The van der Waals surface area contributed by atoms with Crippen LogP contribution in [0.3, 0.4) is 0 Å². The predicted molar refractivity (Wildman–Crippen MR) is 59.2 cm³/mol. The third kappa shape index (κ3) is 3.21. The Morgan fingerprint density at radius 1 is 1.44 bits per heavy atom. The van der Waals surface area contributed by atoms with Crippen LogP contribution in [-0.4, -0.2) is 19.5 Å². The number of carboxylic acids is 1. The Kier molecular flexibility index (Phi) is 3.51. The van der Waals surface area contributed by atoms with E-state index in [9.17, 15) is 13.2 Å². The molecule has 0 spiro atoms. The van der Waals surface area contributed by atoms with E-state index in [1.807, 2.05) is 0 Å². The third-order valence-electron chi connectivity index (χ3n) is 2.05. The molecule has 1 aromatic rings. The number of nitrogens with two attached hydrogens (primary N) is 1. The van der Waals surface area contributed by atoms with Crippen LogP contribution >= 0.6 is 0 Å². The van der Waals surface area contributed by atoms with Crippen molar-refractivity contribution in [3.8, 4) is 0 Å². The topological polar surface area (TPSA) is 109 Å². The van der Waals surface area contributed by atoms with Gasteiger partial charge in [0.05, 0.1) is 11.6 Å². The summed E-state index contributed by atoms with van der Waals surface area (Å²) < 4.78 is 23.8. The number of hydrogen-bond donors (Lipinski definition) is 3. The van der Waals surface area contributed by atoms with Gasteiger partial charge in [-0.15, -0.1) is 0 Å². The van der Waals surface area contributed by atoms with Crippen molar-refractivity contribution >= 4 is 21.9 Å². The lowest BCUT2D eigenvalue weighted by Gasteiger charge is -2.13. The molecule has 0 saturated carbocycles. The number of rotatable bonds is 4. The third-order valence-corrected chi connectivity index (χ3v) is 2.55. The fourth-order valence-electron chi connectivity index (χ4n) is 1.25. The molecule has 0 radical (unpaired) electrons. The summed E-state index contributed by atoms with van der Waals surface area (Å²) in [5.74, 6) is -1.85. The maximum Gasteiger partial charge on any atom is 0.310 e. The van der Waals surface area contributed by atoms with Crippen LogP contribution in [0.15, 0.2) is 24.3 Å². The van der Waals surface area contributed by atoms with E-state index in [4.69, 9.17) is 10.2 Å². The Balaban J connectivity index is 3.15. The lowest BCUT2D eigenvalue weighted by Crippen LogP contribution is -2.23. The number of aliphatic carboxylic acids is 1. The van der Waals surface area contributed by atoms with Crippen molar-refractivity contribution in [3.05, 3.63) is 29.8 Å². The van der Waals surface area contributed by atoms with Gasteiger partial charge < -0.3 is 5.11 Å². The number of hydrogen-bond acceptors (Lipinski definition) is 3. The van der Waals surface area contributed by atoms with Gasteiger partial charge in [-0.1, -0.05) is 18.2 Å². The minimum Gasteiger partial charge on any atom is -0.481 e. The number of benzene rings is 1. The molecule has 0 bridgehead atoms. The molecule has 7 heteroatoms. The lowest BCUT2D eigenvalue weighted by molar-refractivity contribution is -0.138. The van der Waals surface area contributed by atoms with Gasteiger partial charge in [-0.3, -0.25) is 9.52 Å². The Morgan fingerprint density at radius 2 is 2.00 bits per heavy atom. The van der Waals surface area contributed by atoms with Crippen molar-refractivity contribution in [2.24, 2.45) is 5.14 Å². The van der Waals surface area contributed by atoms with Crippen LogP contribution in [0.4, 0.5) is 5.69 Å². The highest BCUT2D eigenvalue weighted by atomic mass is 32.2. The standard InChI is InChI=1S/C9H12N2O4S/c1-6(9(12)13)7-4-2-3-5-8(7)11-16(10,14)15/h2-6,11H,1H3,(H,12,13)(H2,10,14,15)/t6-/m1/s1. The minimum absolute atomic E-state index is 0.180. The van der Waals surface area contributed by atoms with Gasteiger partial charge in [-0.25, -0.2) is 5.14 Å². The molecule has 0 aromatic heterocycles. The smallest absolute Gasteiger partial charge is 0.310 e. The first kappa shape index (κ1) is 12.5. The molecule has 0 amide bonds. The molecular formula is C9H12N2O4S. The second kappa shape index (κ2) is 4.50. The second-order valence-corrected chi connectivity index (χ2v) is 4.59. The van der Waals surface area contributed by atoms with E-state index < -0.39 is 22.1 Å². The highest BCUT2D eigenvalue weighted by Crippen LogP contribution is 2.24. The molecule has 0 aliphatic heterocycles. The Morgan fingerprint density at radius 3 is 2.50 bits per heavy atom. The molecule has 1 aromatic carbocycles. The van der Waals surface area contributed by atoms with Crippen molar-refractivity contribution in [3.63, 3.8) is 0 Å². The van der Waals surface area contributed by atoms with Crippen molar-refractivity contribution in [1.29, 1.82) is 0 Å². The van der Waals surface area contributed by atoms with Crippen molar-refractivity contribution in [1.82, 2.24) is 0 Å². The second-order valence-electron chi connectivity index (χ2n) is 3.29. The van der Waals surface area contributed by atoms with Gasteiger partial charge in [-0.2, -0.15) is 8.42 Å². The molecule has 88 valence electrons. The molecule has 6 nitrogen and oxygen atoms in total. The van der Waals surface area contributed by atoms with E-state index in [1.54, 1.807) is 12.1 Å². The van der Waals surface area contributed by atoms with Crippen LogP contribution in [0.2, 0.25) is 0 Å². The van der Waals surface area contributed by atoms with E-state index >= 15 is 0 Å². The van der Waals surface area contributed by atoms with Crippen LogP contribution in [0.25, 0.3) is 0 Å². The summed E-state index contributed by atoms with van der Waals surface area (Å²) in [6.45, 7) is 1.46. The highest BCUT2D eigenvalue weighted by molar-refractivity contribution is 7.90. The van der Waals surface area contributed by atoms with Gasteiger partial charge in [0, 0.05) is 0 Å². The van der Waals surface area contributed by atoms with Gasteiger partial charge in [0.25, 0.3) is 10.2 Å². The fraction of sp³-hybridized carbons (Fsp3) is 0.222. The zero-order valence-corrected chi connectivity index (χ0v) is 9.36. The summed E-state index contributed by atoms with van der Waals surface area (Å²) in [6, 6.07) is 6.21. The van der Waals surface area contributed by atoms with E-state index in [2.05, 4.69) is 4.72 Å². The molecule has 0 aliphatic rings. The normalized spacial score (nSPS) is 13.1. The summed E-state index contributed by atoms with van der Waals surface area (Å²) in [4.78, 5) is 10.8. The van der Waals surface area contributed by atoms with Gasteiger partial charge in [0.15, 0.2) is 0 Å². The summed E-state index contributed by atoms with van der Waals surface area (Å²) in [5, 5.41) is 13.7. The molecule has 0 unspecified atom stereocenters. The number of carbonyl (C=O) groups is 1. The molecule has 0 saturated heterocycles. The number of nitrogens with one attached hydrogen (secondary N) is 1. The molecule has 0 fully saturated rings. The number of anilines is 1. The SMILES string of the molecule is C[C@@H](C(=O)O)c1ccccc1NS(N)(=O)=O. The first-order valence-electron chi connectivity index (χ1n) is 4.43. The first-order chi connectivity index (χ1) is 7.31. The molecular weight excluding hydrogens is 232 g/mol. The van der Waals surface area contributed by atoms with Crippen LogP contribution in [0.1, 0.15) is 18.4 Å². The zero-order valence-electron chi connectivity index (χ0n) is 8.54. The summed E-state index contributed by atoms with van der Waals surface area (Å²) >= 11 is 0. The molecule has 1 atom stereocenters. The molecule has 16 heavy (non-hydrogen) atoms. The van der Waals surface area contributed by atoms with Crippen molar-refractivity contribution in [2.45, 2.75) is 12.8 Å². The van der Waals surface area contributed by atoms with E-state index in [1.165, 1.54) is 19.1 Å². The van der Waals surface area contributed by atoms with Crippen LogP contribution in [0.5, 0.6) is 0 Å². The number of carboxylic acid groups (broad SMARTS) is 1. The average Bonchev–Trinajstić information content (AvgIpc) is 2.15. The van der Waals surface area contributed by atoms with E-state index in [0.717, 1.165) is 0 Å². The Labute approximate surface area is 93.3 Å². The van der Waals surface area contributed by atoms with Crippen LogP contribution < -0.4 is 9.86 Å². The lowest BCUT2D eigenvalue weighted by atomic mass is 10.00. The van der Waals surface area contributed by atoms with Crippen molar-refractivity contribution in [2.75, 3.05) is 4.72 Å². The van der Waals surface area contributed by atoms with Gasteiger partial charge in [0.2, 0.25) is 0 Å². The fourth-order valence-corrected chi connectivity index (χ4v) is 1.75. The van der Waals surface area contributed by atoms with Gasteiger partial charge in [0.1, 0.15) is 0 Å². The quantitative estimate of drug-likeness (QED) is 0.715. The number of para-hydroxylation sites is 1.